The Kier molecular flexibility index (Phi) is 7.05. The molecule has 0 amide bonds. The molecule has 1 heterocycles. The molecule has 0 unspecified atom stereocenters. The Morgan fingerprint density at radius 2 is 1.86 bits per heavy atom. The zero-order chi connectivity index (χ0) is 20.5. The van der Waals surface area contributed by atoms with E-state index < -0.39 is 5.97 Å². The van der Waals surface area contributed by atoms with Crippen molar-refractivity contribution in [3.63, 3.8) is 0 Å². The minimum atomic E-state index is -0.875. The largest absolute Gasteiger partial charge is 0.490 e. The number of hydrogen-bond acceptors (Lipinski definition) is 5. The standard InChI is InChI=1S/C23H23NO5/c1-2-20(22-12-11-21(29-22)18-8-4-3-5-9-18)24-28-14-13-27-19-10-6-7-17(15-19)16-23(25)26/h3-12,15H,2,13-14,16H2,1H3,(H,25,26)/b24-20+. The van der Waals surface area contributed by atoms with Crippen LogP contribution in [0.2, 0.25) is 0 Å². The minimum Gasteiger partial charge on any atom is -0.490 e. The van der Waals surface area contributed by atoms with Crippen molar-refractivity contribution in [3.05, 3.63) is 78.1 Å². The van der Waals surface area contributed by atoms with Gasteiger partial charge in [0.15, 0.2) is 12.4 Å². The van der Waals surface area contributed by atoms with Crippen LogP contribution in [0.3, 0.4) is 0 Å². The van der Waals surface area contributed by atoms with E-state index in [0.717, 1.165) is 17.0 Å². The first-order chi connectivity index (χ1) is 14.2. The molecule has 1 N–H and O–H groups in total. The van der Waals surface area contributed by atoms with Crippen LogP contribution in [0.5, 0.6) is 5.75 Å². The van der Waals surface area contributed by atoms with Gasteiger partial charge in [0.05, 0.1) is 6.42 Å². The van der Waals surface area contributed by atoms with Gasteiger partial charge < -0.3 is 19.1 Å². The van der Waals surface area contributed by atoms with Gasteiger partial charge in [-0.25, -0.2) is 0 Å². The molecule has 0 atom stereocenters. The molecule has 0 aliphatic carbocycles. The zero-order valence-electron chi connectivity index (χ0n) is 16.2. The van der Waals surface area contributed by atoms with Gasteiger partial charge in [0.1, 0.15) is 23.8 Å². The van der Waals surface area contributed by atoms with E-state index in [0.29, 0.717) is 30.1 Å². The second kappa shape index (κ2) is 10.1. The molecule has 1 aromatic heterocycles. The molecule has 3 rings (SSSR count). The third-order valence-electron chi connectivity index (χ3n) is 4.16. The van der Waals surface area contributed by atoms with Crippen molar-refractivity contribution in [2.24, 2.45) is 5.16 Å². The fourth-order valence-electron chi connectivity index (χ4n) is 2.77. The van der Waals surface area contributed by atoms with Crippen molar-refractivity contribution in [3.8, 4) is 17.1 Å². The molecule has 0 saturated heterocycles. The molecule has 0 spiro atoms. The lowest BCUT2D eigenvalue weighted by atomic mass is 10.1. The molecule has 0 saturated carbocycles. The number of ether oxygens (including phenoxy) is 1. The van der Waals surface area contributed by atoms with Gasteiger partial charge in [-0.3, -0.25) is 4.79 Å². The fraction of sp³-hybridized carbons (Fsp3) is 0.217. The number of benzene rings is 2. The molecule has 6 heteroatoms. The first-order valence-electron chi connectivity index (χ1n) is 9.43. The van der Waals surface area contributed by atoms with Gasteiger partial charge in [0.25, 0.3) is 0 Å². The lowest BCUT2D eigenvalue weighted by Crippen LogP contribution is -2.07. The van der Waals surface area contributed by atoms with Gasteiger partial charge >= 0.3 is 5.97 Å². The highest BCUT2D eigenvalue weighted by Gasteiger charge is 2.10. The predicted molar refractivity (Wildman–Crippen MR) is 110 cm³/mol. The van der Waals surface area contributed by atoms with Crippen LogP contribution in [0.15, 0.2) is 76.3 Å². The van der Waals surface area contributed by atoms with Crippen molar-refractivity contribution >= 4 is 11.7 Å². The molecule has 6 nitrogen and oxygen atoms in total. The van der Waals surface area contributed by atoms with E-state index in [-0.39, 0.29) is 13.0 Å². The highest BCUT2D eigenvalue weighted by molar-refractivity contribution is 5.98. The van der Waals surface area contributed by atoms with Crippen LogP contribution < -0.4 is 4.74 Å². The topological polar surface area (TPSA) is 81.3 Å². The van der Waals surface area contributed by atoms with Crippen molar-refractivity contribution in [1.29, 1.82) is 0 Å². The molecule has 0 aliphatic rings. The van der Waals surface area contributed by atoms with E-state index in [1.165, 1.54) is 0 Å². The van der Waals surface area contributed by atoms with Crippen LogP contribution >= 0.6 is 0 Å². The Morgan fingerprint density at radius 1 is 1.03 bits per heavy atom. The van der Waals surface area contributed by atoms with Crippen molar-refractivity contribution in [2.45, 2.75) is 19.8 Å². The Hall–Kier alpha value is -3.54. The summed E-state index contributed by atoms with van der Waals surface area (Å²) >= 11 is 0. The van der Waals surface area contributed by atoms with Crippen LogP contribution in [-0.4, -0.2) is 30.0 Å². The highest BCUT2D eigenvalue weighted by atomic mass is 16.6. The summed E-state index contributed by atoms with van der Waals surface area (Å²) in [6, 6.07) is 20.7. The van der Waals surface area contributed by atoms with Crippen molar-refractivity contribution in [1.82, 2.24) is 0 Å². The smallest absolute Gasteiger partial charge is 0.307 e. The molecule has 150 valence electrons. The number of oxime groups is 1. The summed E-state index contributed by atoms with van der Waals surface area (Å²) in [5, 5.41) is 13.0. The molecule has 0 fully saturated rings. The van der Waals surface area contributed by atoms with E-state index in [9.17, 15) is 4.79 Å². The molecule has 3 aromatic rings. The highest BCUT2D eigenvalue weighted by Crippen LogP contribution is 2.22. The summed E-state index contributed by atoms with van der Waals surface area (Å²) in [7, 11) is 0. The first-order valence-corrected chi connectivity index (χ1v) is 9.43. The Morgan fingerprint density at radius 3 is 2.62 bits per heavy atom. The van der Waals surface area contributed by atoms with Crippen LogP contribution in [0.25, 0.3) is 11.3 Å². The van der Waals surface area contributed by atoms with E-state index >= 15 is 0 Å². The van der Waals surface area contributed by atoms with Crippen LogP contribution in [0.4, 0.5) is 0 Å². The van der Waals surface area contributed by atoms with Crippen molar-refractivity contribution < 1.29 is 23.9 Å². The fourth-order valence-corrected chi connectivity index (χ4v) is 2.77. The molecule has 0 radical (unpaired) electrons. The van der Waals surface area contributed by atoms with Crippen LogP contribution in [0, 0.1) is 0 Å². The number of aliphatic carboxylic acids is 1. The maximum Gasteiger partial charge on any atom is 0.307 e. The molecule has 29 heavy (non-hydrogen) atoms. The summed E-state index contributed by atoms with van der Waals surface area (Å²) < 4.78 is 11.5. The molecule has 0 aliphatic heterocycles. The second-order valence-electron chi connectivity index (χ2n) is 6.32. The van der Waals surface area contributed by atoms with Gasteiger partial charge in [-0.15, -0.1) is 0 Å². The number of carboxylic acid groups (broad SMARTS) is 1. The predicted octanol–water partition coefficient (Wildman–Crippen LogP) is 4.78. The Labute approximate surface area is 169 Å². The first kappa shape index (κ1) is 20.2. The third-order valence-corrected chi connectivity index (χ3v) is 4.16. The number of nitrogens with zero attached hydrogens (tertiary/aromatic N) is 1. The van der Waals surface area contributed by atoms with Gasteiger partial charge in [-0.2, -0.15) is 0 Å². The summed E-state index contributed by atoms with van der Waals surface area (Å²) in [4.78, 5) is 16.2. The van der Waals surface area contributed by atoms with Crippen LogP contribution in [0.1, 0.15) is 24.7 Å². The minimum absolute atomic E-state index is 0.0357. The van der Waals surface area contributed by atoms with Gasteiger partial charge in [-0.05, 0) is 36.2 Å². The average Bonchev–Trinajstić information content (AvgIpc) is 3.21. The number of furan rings is 1. The van der Waals surface area contributed by atoms with Gasteiger partial charge in [0, 0.05) is 5.56 Å². The number of rotatable bonds is 10. The van der Waals surface area contributed by atoms with E-state index in [4.69, 9.17) is 19.1 Å². The summed E-state index contributed by atoms with van der Waals surface area (Å²) in [5.41, 5.74) is 2.42. The molecule has 0 bridgehead atoms. The quantitative estimate of drug-likeness (QED) is 0.304. The van der Waals surface area contributed by atoms with Crippen LogP contribution in [-0.2, 0) is 16.1 Å². The second-order valence-corrected chi connectivity index (χ2v) is 6.32. The summed E-state index contributed by atoms with van der Waals surface area (Å²) in [6.45, 7) is 2.54. The third kappa shape index (κ3) is 5.97. The maximum absolute atomic E-state index is 10.8. The number of hydrogen-bond donors (Lipinski definition) is 1. The molecular weight excluding hydrogens is 370 g/mol. The van der Waals surface area contributed by atoms with Crippen molar-refractivity contribution in [2.75, 3.05) is 13.2 Å². The summed E-state index contributed by atoms with van der Waals surface area (Å²) in [6.07, 6.45) is 0.631. The normalized spacial score (nSPS) is 11.3. The Balaban J connectivity index is 1.52. The summed E-state index contributed by atoms with van der Waals surface area (Å²) in [5.74, 6) is 1.19. The van der Waals surface area contributed by atoms with E-state index in [2.05, 4.69) is 5.16 Å². The number of carboxylic acids is 1. The maximum atomic E-state index is 10.8. The van der Waals surface area contributed by atoms with Gasteiger partial charge in [-0.1, -0.05) is 54.5 Å². The monoisotopic (exact) mass is 393 g/mol. The van der Waals surface area contributed by atoms with E-state index in [1.54, 1.807) is 24.3 Å². The zero-order valence-corrected chi connectivity index (χ0v) is 16.2. The van der Waals surface area contributed by atoms with Gasteiger partial charge in [0.2, 0.25) is 0 Å². The lowest BCUT2D eigenvalue weighted by Gasteiger charge is -2.07. The SMILES string of the molecule is CC/C(=N\OCCOc1cccc(CC(=O)O)c1)c1ccc(-c2ccccc2)o1. The van der Waals surface area contributed by atoms with E-state index in [1.807, 2.05) is 49.4 Å². The average molecular weight is 393 g/mol. The number of carbonyl (C=O) groups is 1. The molecule has 2 aromatic carbocycles. The lowest BCUT2D eigenvalue weighted by molar-refractivity contribution is -0.136. The Bertz CT molecular complexity index is 962. The molecular formula is C23H23NO5.